The van der Waals surface area contributed by atoms with Crippen molar-refractivity contribution in [3.05, 3.63) is 30.1 Å². The molecule has 0 bridgehead atoms. The fraction of sp³-hybridized carbons (Fsp3) is 0.400. The van der Waals surface area contributed by atoms with E-state index in [-0.39, 0.29) is 5.78 Å². The van der Waals surface area contributed by atoms with Crippen molar-refractivity contribution in [2.24, 2.45) is 5.73 Å². The minimum Gasteiger partial charge on any atom is -0.330 e. The van der Waals surface area contributed by atoms with Crippen molar-refractivity contribution in [1.29, 1.82) is 0 Å². The van der Waals surface area contributed by atoms with E-state index >= 15 is 0 Å². The van der Waals surface area contributed by atoms with E-state index in [1.807, 2.05) is 18.2 Å². The molecule has 2 N–H and O–H groups in total. The van der Waals surface area contributed by atoms with E-state index in [1.54, 1.807) is 6.20 Å². The number of rotatable bonds is 5. The number of Topliss-reactive ketones (excluding diaryl/α,β-unsaturated/α-hetero) is 1. The second-order valence-corrected chi connectivity index (χ2v) is 2.93. The van der Waals surface area contributed by atoms with Crippen LogP contribution in [0.15, 0.2) is 24.4 Å². The van der Waals surface area contributed by atoms with Crippen LogP contribution in [0.3, 0.4) is 0 Å². The molecule has 1 heterocycles. The van der Waals surface area contributed by atoms with Crippen molar-refractivity contribution < 1.29 is 4.79 Å². The normalized spacial score (nSPS) is 9.92. The quantitative estimate of drug-likeness (QED) is 0.729. The molecule has 0 aliphatic rings. The fourth-order valence-electron chi connectivity index (χ4n) is 1.09. The summed E-state index contributed by atoms with van der Waals surface area (Å²) in [6, 6.07) is 5.59. The van der Waals surface area contributed by atoms with E-state index < -0.39 is 0 Å². The van der Waals surface area contributed by atoms with Gasteiger partial charge < -0.3 is 5.73 Å². The highest BCUT2D eigenvalue weighted by atomic mass is 16.1. The highest BCUT2D eigenvalue weighted by molar-refractivity contribution is 5.80. The molecule has 3 heteroatoms. The van der Waals surface area contributed by atoms with Crippen molar-refractivity contribution in [1.82, 2.24) is 4.98 Å². The van der Waals surface area contributed by atoms with Gasteiger partial charge in [-0.3, -0.25) is 9.78 Å². The summed E-state index contributed by atoms with van der Waals surface area (Å²) in [5.41, 5.74) is 6.14. The minimum atomic E-state index is 0.212. The minimum absolute atomic E-state index is 0.212. The van der Waals surface area contributed by atoms with Crippen molar-refractivity contribution >= 4 is 5.78 Å². The summed E-state index contributed by atoms with van der Waals surface area (Å²) < 4.78 is 0. The molecule has 0 amide bonds. The van der Waals surface area contributed by atoms with Crippen molar-refractivity contribution in [3.63, 3.8) is 0 Å². The Morgan fingerprint density at radius 3 is 2.92 bits per heavy atom. The molecule has 1 rings (SSSR count). The lowest BCUT2D eigenvalue weighted by Crippen LogP contribution is -2.07. The summed E-state index contributed by atoms with van der Waals surface area (Å²) in [6.07, 6.45) is 3.46. The van der Waals surface area contributed by atoms with E-state index in [0.717, 1.165) is 12.1 Å². The van der Waals surface area contributed by atoms with Gasteiger partial charge in [0, 0.05) is 24.7 Å². The first kappa shape index (κ1) is 9.86. The SMILES string of the molecule is NCCCC(=O)Cc1ccccn1. The van der Waals surface area contributed by atoms with Crippen LogP contribution in [0, 0.1) is 0 Å². The summed E-state index contributed by atoms with van der Waals surface area (Å²) in [5.74, 6) is 0.212. The van der Waals surface area contributed by atoms with E-state index in [9.17, 15) is 4.79 Å². The maximum Gasteiger partial charge on any atom is 0.138 e. The number of pyridine rings is 1. The highest BCUT2D eigenvalue weighted by Crippen LogP contribution is 1.99. The lowest BCUT2D eigenvalue weighted by Gasteiger charge is -1.98. The van der Waals surface area contributed by atoms with E-state index in [2.05, 4.69) is 4.98 Å². The molecule has 1 aromatic rings. The lowest BCUT2D eigenvalue weighted by molar-refractivity contribution is -0.118. The number of carbonyl (C=O) groups excluding carboxylic acids is 1. The van der Waals surface area contributed by atoms with Gasteiger partial charge in [-0.25, -0.2) is 0 Å². The summed E-state index contributed by atoms with van der Waals surface area (Å²) in [4.78, 5) is 15.4. The Bertz CT molecular complexity index is 259. The number of ketones is 1. The average molecular weight is 178 g/mol. The topological polar surface area (TPSA) is 56.0 Å². The van der Waals surface area contributed by atoms with Gasteiger partial charge in [-0.2, -0.15) is 0 Å². The van der Waals surface area contributed by atoms with Crippen LogP contribution >= 0.6 is 0 Å². The summed E-state index contributed by atoms with van der Waals surface area (Å²) >= 11 is 0. The molecule has 13 heavy (non-hydrogen) atoms. The van der Waals surface area contributed by atoms with Gasteiger partial charge in [0.15, 0.2) is 0 Å². The summed E-state index contributed by atoms with van der Waals surface area (Å²) in [7, 11) is 0. The van der Waals surface area contributed by atoms with Gasteiger partial charge in [0.05, 0.1) is 0 Å². The number of hydrogen-bond donors (Lipinski definition) is 1. The van der Waals surface area contributed by atoms with E-state index in [0.29, 0.717) is 19.4 Å². The van der Waals surface area contributed by atoms with E-state index in [4.69, 9.17) is 5.73 Å². The molecule has 1 aromatic heterocycles. The third-order valence-corrected chi connectivity index (χ3v) is 1.76. The first-order valence-electron chi connectivity index (χ1n) is 4.44. The standard InChI is InChI=1S/C10H14N2O/c11-6-3-5-10(13)8-9-4-1-2-7-12-9/h1-2,4,7H,3,5-6,8,11H2. The maximum absolute atomic E-state index is 11.3. The van der Waals surface area contributed by atoms with Gasteiger partial charge in [-0.15, -0.1) is 0 Å². The van der Waals surface area contributed by atoms with Crippen LogP contribution in [0.1, 0.15) is 18.5 Å². The molecular formula is C10H14N2O. The molecule has 0 saturated carbocycles. The molecule has 70 valence electrons. The monoisotopic (exact) mass is 178 g/mol. The first-order valence-corrected chi connectivity index (χ1v) is 4.44. The number of aromatic nitrogens is 1. The number of carbonyl (C=O) groups is 1. The predicted octanol–water partition coefficient (Wildman–Crippen LogP) is 0.932. The number of nitrogens with zero attached hydrogens (tertiary/aromatic N) is 1. The van der Waals surface area contributed by atoms with Crippen LogP contribution in [0.5, 0.6) is 0 Å². The average Bonchev–Trinajstić information content (AvgIpc) is 2.16. The predicted molar refractivity (Wildman–Crippen MR) is 51.2 cm³/mol. The molecule has 0 spiro atoms. The maximum atomic E-state index is 11.3. The van der Waals surface area contributed by atoms with E-state index in [1.165, 1.54) is 0 Å². The summed E-state index contributed by atoms with van der Waals surface area (Å²) in [5, 5.41) is 0. The largest absolute Gasteiger partial charge is 0.330 e. The fourth-order valence-corrected chi connectivity index (χ4v) is 1.09. The molecule has 0 aromatic carbocycles. The Morgan fingerprint density at radius 2 is 2.31 bits per heavy atom. The Labute approximate surface area is 78.0 Å². The molecule has 0 aliphatic heterocycles. The Kier molecular flexibility index (Phi) is 4.12. The molecule has 0 saturated heterocycles. The van der Waals surface area contributed by atoms with Crippen LogP contribution in [0.2, 0.25) is 0 Å². The molecule has 3 nitrogen and oxygen atoms in total. The number of nitrogens with two attached hydrogens (primary N) is 1. The van der Waals surface area contributed by atoms with Crippen LogP contribution in [0.4, 0.5) is 0 Å². The molecule has 0 fully saturated rings. The van der Waals surface area contributed by atoms with Crippen molar-refractivity contribution in [2.75, 3.05) is 6.54 Å². The summed E-state index contributed by atoms with van der Waals surface area (Å²) in [6.45, 7) is 0.577. The van der Waals surface area contributed by atoms with Gasteiger partial charge in [0.25, 0.3) is 0 Å². The highest BCUT2D eigenvalue weighted by Gasteiger charge is 2.02. The van der Waals surface area contributed by atoms with Crippen LogP contribution in [-0.4, -0.2) is 17.3 Å². The zero-order chi connectivity index (χ0) is 9.52. The van der Waals surface area contributed by atoms with Gasteiger partial charge in [-0.05, 0) is 25.1 Å². The molecular weight excluding hydrogens is 164 g/mol. The zero-order valence-corrected chi connectivity index (χ0v) is 7.57. The van der Waals surface area contributed by atoms with Crippen molar-refractivity contribution in [2.45, 2.75) is 19.3 Å². The third-order valence-electron chi connectivity index (χ3n) is 1.76. The Hall–Kier alpha value is -1.22. The zero-order valence-electron chi connectivity index (χ0n) is 7.57. The second kappa shape index (κ2) is 5.43. The van der Waals surface area contributed by atoms with Gasteiger partial charge in [0.2, 0.25) is 0 Å². The van der Waals surface area contributed by atoms with Gasteiger partial charge in [-0.1, -0.05) is 6.07 Å². The Morgan fingerprint density at radius 1 is 1.46 bits per heavy atom. The Balaban J connectivity index is 2.37. The third kappa shape index (κ3) is 3.80. The number of hydrogen-bond acceptors (Lipinski definition) is 3. The molecule has 0 unspecified atom stereocenters. The van der Waals surface area contributed by atoms with Gasteiger partial charge >= 0.3 is 0 Å². The van der Waals surface area contributed by atoms with Crippen LogP contribution in [0.25, 0.3) is 0 Å². The van der Waals surface area contributed by atoms with Crippen LogP contribution in [-0.2, 0) is 11.2 Å². The van der Waals surface area contributed by atoms with Gasteiger partial charge in [0.1, 0.15) is 5.78 Å². The lowest BCUT2D eigenvalue weighted by atomic mass is 10.1. The molecule has 0 radical (unpaired) electrons. The molecule has 0 aliphatic carbocycles. The smallest absolute Gasteiger partial charge is 0.138 e. The second-order valence-electron chi connectivity index (χ2n) is 2.93. The van der Waals surface area contributed by atoms with Crippen LogP contribution < -0.4 is 5.73 Å². The molecule has 0 atom stereocenters. The van der Waals surface area contributed by atoms with Crippen molar-refractivity contribution in [3.8, 4) is 0 Å². The first-order chi connectivity index (χ1) is 6.33.